The van der Waals surface area contributed by atoms with Gasteiger partial charge < -0.3 is 33.9 Å². The van der Waals surface area contributed by atoms with Crippen LogP contribution in [-0.4, -0.2) is 88.2 Å². The number of aryl methyl sites for hydroxylation is 1. The third-order valence-corrected chi connectivity index (χ3v) is 11.9. The summed E-state index contributed by atoms with van der Waals surface area (Å²) in [6.45, 7) is 8.49. The van der Waals surface area contributed by atoms with Crippen LogP contribution in [0.5, 0.6) is 0 Å². The molecule has 2 aromatic rings. The molecule has 0 amide bonds. The van der Waals surface area contributed by atoms with Crippen molar-refractivity contribution in [2.75, 3.05) is 6.61 Å². The minimum Gasteiger partial charge on any atom is -0.458 e. The fourth-order valence-corrected chi connectivity index (χ4v) is 9.13. The molecule has 3 aliphatic carbocycles. The Balaban J connectivity index is 1.56. The fraction of sp³-hybridized carbons (Fsp3) is 0.525. The summed E-state index contributed by atoms with van der Waals surface area (Å²) in [6.07, 6.45) is -6.96. The summed E-state index contributed by atoms with van der Waals surface area (Å²) in [7, 11) is 0. The highest BCUT2D eigenvalue weighted by molar-refractivity contribution is 5.95. The van der Waals surface area contributed by atoms with Crippen molar-refractivity contribution in [3.63, 3.8) is 0 Å². The molecular weight excluding hydrogens is 672 g/mol. The standard InChI is InChI=1S/C40H46O12/c1-22-27(50-30(44)18-17-25-13-9-7-10-14-25)20-40(47)35(51-36(46)26-15-11-8-12-16-26)33-38(6,28(43)19-29-39(33,21-48-29)52-24(3)42)34(45)32(49-23(2)41)31(22)37(40,4)5/h7-16,27-29,32-33,35,43,47H,17-21H2,1-6H3/t27-,28-,29+,32+,33?,35-,38+,39-,40+/m0/s1. The Kier molecular flexibility index (Phi) is 9.73. The van der Waals surface area contributed by atoms with Crippen LogP contribution in [0.1, 0.15) is 76.7 Å². The van der Waals surface area contributed by atoms with E-state index in [1.807, 2.05) is 30.3 Å². The molecule has 2 aromatic carbocycles. The van der Waals surface area contributed by atoms with Crippen molar-refractivity contribution in [1.29, 1.82) is 0 Å². The Morgan fingerprint density at radius 1 is 0.904 bits per heavy atom. The Morgan fingerprint density at radius 3 is 2.12 bits per heavy atom. The van der Waals surface area contributed by atoms with Gasteiger partial charge in [0.25, 0.3) is 0 Å². The third kappa shape index (κ3) is 5.94. The van der Waals surface area contributed by atoms with Gasteiger partial charge in [0, 0.05) is 38.5 Å². The van der Waals surface area contributed by atoms with Gasteiger partial charge in [-0.15, -0.1) is 0 Å². The number of aliphatic hydroxyl groups is 2. The first-order valence-electron chi connectivity index (χ1n) is 17.6. The van der Waals surface area contributed by atoms with Gasteiger partial charge in [0.15, 0.2) is 17.5 Å². The second-order valence-electron chi connectivity index (χ2n) is 15.2. The topological polar surface area (TPSA) is 172 Å². The van der Waals surface area contributed by atoms with Crippen molar-refractivity contribution < 1.29 is 57.9 Å². The number of ketones is 1. The summed E-state index contributed by atoms with van der Waals surface area (Å²) >= 11 is 0. The van der Waals surface area contributed by atoms with E-state index in [2.05, 4.69) is 0 Å². The molecule has 278 valence electrons. The summed E-state index contributed by atoms with van der Waals surface area (Å²) in [5.74, 6) is -5.13. The molecule has 0 radical (unpaired) electrons. The molecule has 0 spiro atoms. The first-order chi connectivity index (χ1) is 24.5. The smallest absolute Gasteiger partial charge is 0.338 e. The minimum absolute atomic E-state index is 0.00510. The van der Waals surface area contributed by atoms with Gasteiger partial charge in [-0.1, -0.05) is 62.4 Å². The quantitative estimate of drug-likeness (QED) is 0.230. The molecule has 1 unspecified atom stereocenters. The number of esters is 4. The SMILES string of the molecule is CC(=O)O[C@H]1C(=O)[C@@]2(C)C([C@H](OC(=O)c3ccccc3)[C@]3(O)C[C@H](OC(=O)CCc4ccccc4)C(C)=C1C3(C)C)[C@]1(OC(C)=O)CO[C@@H]1C[C@@H]2O. The van der Waals surface area contributed by atoms with Crippen LogP contribution >= 0.6 is 0 Å². The lowest BCUT2D eigenvalue weighted by atomic mass is 9.44. The Labute approximate surface area is 302 Å². The summed E-state index contributed by atoms with van der Waals surface area (Å²) in [5, 5.41) is 25.4. The summed E-state index contributed by atoms with van der Waals surface area (Å²) < 4.78 is 30.1. The number of benzene rings is 2. The Hall–Kier alpha value is -4.39. The number of aliphatic hydroxyl groups excluding tert-OH is 1. The normalized spacial score (nSPS) is 34.7. The Bertz CT molecular complexity index is 1790. The molecule has 12 heteroatoms. The zero-order chi connectivity index (χ0) is 37.8. The predicted octanol–water partition coefficient (Wildman–Crippen LogP) is 3.84. The van der Waals surface area contributed by atoms with Gasteiger partial charge >= 0.3 is 23.9 Å². The average Bonchev–Trinajstić information content (AvgIpc) is 3.09. The number of hydrogen-bond donors (Lipinski definition) is 2. The summed E-state index contributed by atoms with van der Waals surface area (Å²) in [6, 6.07) is 17.4. The van der Waals surface area contributed by atoms with E-state index < -0.39 is 88.1 Å². The van der Waals surface area contributed by atoms with Crippen molar-refractivity contribution in [2.24, 2.45) is 16.7 Å². The number of rotatable bonds is 8. The maximum Gasteiger partial charge on any atom is 0.338 e. The maximum absolute atomic E-state index is 15.2. The summed E-state index contributed by atoms with van der Waals surface area (Å²) in [4.78, 5) is 68.4. The highest BCUT2D eigenvalue weighted by atomic mass is 16.6. The van der Waals surface area contributed by atoms with Gasteiger partial charge in [0.05, 0.1) is 29.6 Å². The first kappa shape index (κ1) is 37.4. The highest BCUT2D eigenvalue weighted by Gasteiger charge is 2.78. The van der Waals surface area contributed by atoms with Crippen LogP contribution in [0.3, 0.4) is 0 Å². The van der Waals surface area contributed by atoms with E-state index >= 15 is 4.79 Å². The van der Waals surface area contributed by atoms with Gasteiger partial charge in [-0.2, -0.15) is 0 Å². The molecule has 0 aromatic heterocycles. The maximum atomic E-state index is 15.2. The zero-order valence-electron chi connectivity index (χ0n) is 30.3. The van der Waals surface area contributed by atoms with Crippen molar-refractivity contribution in [3.8, 4) is 0 Å². The third-order valence-electron chi connectivity index (χ3n) is 11.9. The second-order valence-corrected chi connectivity index (χ2v) is 15.2. The van der Waals surface area contributed by atoms with Crippen molar-refractivity contribution >= 4 is 29.7 Å². The van der Waals surface area contributed by atoms with Gasteiger partial charge in [-0.25, -0.2) is 4.79 Å². The van der Waals surface area contributed by atoms with Gasteiger partial charge in [0.1, 0.15) is 23.9 Å². The van der Waals surface area contributed by atoms with Gasteiger partial charge in [-0.05, 0) is 49.1 Å². The van der Waals surface area contributed by atoms with Gasteiger partial charge in [0.2, 0.25) is 0 Å². The molecule has 6 rings (SSSR count). The molecule has 1 aliphatic heterocycles. The molecule has 2 N–H and O–H groups in total. The van der Waals surface area contributed by atoms with Crippen LogP contribution in [0.15, 0.2) is 71.8 Å². The first-order valence-corrected chi connectivity index (χ1v) is 17.6. The molecule has 1 saturated heterocycles. The Morgan fingerprint density at radius 2 is 1.54 bits per heavy atom. The van der Waals surface area contributed by atoms with Crippen molar-refractivity contribution in [1.82, 2.24) is 0 Å². The molecule has 3 fully saturated rings. The van der Waals surface area contributed by atoms with E-state index in [9.17, 15) is 29.4 Å². The molecule has 4 aliphatic rings. The van der Waals surface area contributed by atoms with Crippen LogP contribution in [0.2, 0.25) is 0 Å². The van der Waals surface area contributed by atoms with Crippen LogP contribution in [0.4, 0.5) is 0 Å². The van der Waals surface area contributed by atoms with E-state index in [-0.39, 0.29) is 37.0 Å². The minimum atomic E-state index is -2.19. The molecule has 12 nitrogen and oxygen atoms in total. The molecular formula is C40H46O12. The monoisotopic (exact) mass is 718 g/mol. The summed E-state index contributed by atoms with van der Waals surface area (Å²) in [5.41, 5.74) is -5.70. The molecule has 9 atom stereocenters. The van der Waals surface area contributed by atoms with Gasteiger partial charge in [-0.3, -0.25) is 19.2 Å². The number of hydrogen-bond acceptors (Lipinski definition) is 12. The number of Topliss-reactive ketones (excluding diaryl/α,β-unsaturated/α-hetero) is 1. The lowest BCUT2D eigenvalue weighted by molar-refractivity contribution is -0.346. The number of ether oxygens (including phenoxy) is 5. The largest absolute Gasteiger partial charge is 0.458 e. The van der Waals surface area contributed by atoms with E-state index in [4.69, 9.17) is 23.7 Å². The average molecular weight is 719 g/mol. The number of fused-ring (bicyclic) bond motifs is 5. The van der Waals surface area contributed by atoms with Crippen LogP contribution in [-0.2, 0) is 49.3 Å². The van der Waals surface area contributed by atoms with E-state index in [0.29, 0.717) is 12.0 Å². The van der Waals surface area contributed by atoms with Crippen molar-refractivity contribution in [2.45, 2.75) is 109 Å². The van der Waals surface area contributed by atoms with Crippen LogP contribution in [0, 0.1) is 16.7 Å². The second kappa shape index (κ2) is 13.5. The zero-order valence-corrected chi connectivity index (χ0v) is 30.3. The predicted molar refractivity (Wildman–Crippen MR) is 183 cm³/mol. The number of carbonyl (C=O) groups is 5. The fourth-order valence-electron chi connectivity index (χ4n) is 9.13. The van der Waals surface area contributed by atoms with E-state index in [0.717, 1.165) is 12.5 Å². The lowest BCUT2D eigenvalue weighted by Crippen LogP contribution is -2.82. The van der Waals surface area contributed by atoms with Crippen molar-refractivity contribution in [3.05, 3.63) is 82.9 Å². The molecule has 2 saturated carbocycles. The molecule has 1 heterocycles. The highest BCUT2D eigenvalue weighted by Crippen LogP contribution is 2.64. The van der Waals surface area contributed by atoms with E-state index in [1.165, 1.54) is 26.0 Å². The number of carbonyl (C=O) groups excluding carboxylic acids is 5. The molecule has 52 heavy (non-hydrogen) atoms. The van der Waals surface area contributed by atoms with Crippen LogP contribution in [0.25, 0.3) is 0 Å². The van der Waals surface area contributed by atoms with E-state index in [1.54, 1.807) is 39.0 Å². The van der Waals surface area contributed by atoms with Crippen LogP contribution < -0.4 is 0 Å². The molecule has 2 bridgehead atoms. The lowest BCUT2D eigenvalue weighted by Gasteiger charge is -2.67.